The Hall–Kier alpha value is -1.01. The monoisotopic (exact) mass is 292 g/mol. The summed E-state index contributed by atoms with van der Waals surface area (Å²) in [6.45, 7) is 2.97. The summed E-state index contributed by atoms with van der Waals surface area (Å²) in [5, 5.41) is 2.28. The molecule has 1 aromatic carbocycles. The summed E-state index contributed by atoms with van der Waals surface area (Å²) in [6, 6.07) is 1.83. The quantitative estimate of drug-likeness (QED) is 0.823. The Morgan fingerprint density at radius 3 is 2.44 bits per heavy atom. The Bertz CT molecular complexity index is 430. The summed E-state index contributed by atoms with van der Waals surface area (Å²) in [4.78, 5) is 11.5. The SMILES string of the molecule is CC(C)(N)C(=O)Nc1cc(Br)c(F)cc1F. The minimum absolute atomic E-state index is 0.0685. The molecule has 0 aliphatic rings. The lowest BCUT2D eigenvalue weighted by Gasteiger charge is -2.18. The topological polar surface area (TPSA) is 55.1 Å². The van der Waals surface area contributed by atoms with Crippen LogP contribution in [0.25, 0.3) is 0 Å². The molecule has 0 atom stereocenters. The minimum atomic E-state index is -1.13. The normalized spacial score (nSPS) is 11.4. The highest BCUT2D eigenvalue weighted by atomic mass is 79.9. The molecule has 0 radical (unpaired) electrons. The molecular formula is C10H11BrF2N2O. The Labute approximate surface area is 100 Å². The van der Waals surface area contributed by atoms with Crippen LogP contribution in [-0.4, -0.2) is 11.4 Å². The van der Waals surface area contributed by atoms with Gasteiger partial charge in [0.25, 0.3) is 0 Å². The van der Waals surface area contributed by atoms with E-state index in [0.717, 1.165) is 6.07 Å². The van der Waals surface area contributed by atoms with Crippen molar-refractivity contribution in [1.29, 1.82) is 0 Å². The first-order valence-electron chi connectivity index (χ1n) is 4.46. The maximum Gasteiger partial charge on any atom is 0.243 e. The molecule has 0 aromatic heterocycles. The smallest absolute Gasteiger partial charge is 0.243 e. The van der Waals surface area contributed by atoms with Gasteiger partial charge in [-0.2, -0.15) is 0 Å². The average Bonchev–Trinajstić information content (AvgIpc) is 2.12. The number of carbonyl (C=O) groups is 1. The zero-order chi connectivity index (χ0) is 12.5. The molecule has 0 heterocycles. The van der Waals surface area contributed by atoms with Gasteiger partial charge < -0.3 is 11.1 Å². The predicted molar refractivity (Wildman–Crippen MR) is 61.0 cm³/mol. The Balaban J connectivity index is 2.99. The molecule has 0 saturated carbocycles. The van der Waals surface area contributed by atoms with Gasteiger partial charge in [0, 0.05) is 6.07 Å². The van der Waals surface area contributed by atoms with Crippen LogP contribution in [0.3, 0.4) is 0 Å². The number of rotatable bonds is 2. The molecule has 3 N–H and O–H groups in total. The van der Waals surface area contributed by atoms with E-state index < -0.39 is 23.1 Å². The van der Waals surface area contributed by atoms with Crippen molar-refractivity contribution in [2.45, 2.75) is 19.4 Å². The van der Waals surface area contributed by atoms with Crippen LogP contribution in [0.15, 0.2) is 16.6 Å². The molecule has 0 bridgehead atoms. The zero-order valence-electron chi connectivity index (χ0n) is 8.77. The van der Waals surface area contributed by atoms with E-state index in [2.05, 4.69) is 21.2 Å². The molecule has 6 heteroatoms. The molecule has 88 valence electrons. The van der Waals surface area contributed by atoms with Gasteiger partial charge in [-0.3, -0.25) is 4.79 Å². The fraction of sp³-hybridized carbons (Fsp3) is 0.300. The highest BCUT2D eigenvalue weighted by molar-refractivity contribution is 9.10. The third-order valence-electron chi connectivity index (χ3n) is 1.84. The first-order chi connectivity index (χ1) is 7.21. The van der Waals surface area contributed by atoms with Crippen molar-refractivity contribution in [3.63, 3.8) is 0 Å². The molecule has 0 fully saturated rings. The number of hydrogen-bond donors (Lipinski definition) is 2. The molecule has 1 rings (SSSR count). The van der Waals surface area contributed by atoms with Crippen LogP contribution >= 0.6 is 15.9 Å². The summed E-state index contributed by atoms with van der Waals surface area (Å²) >= 11 is 2.90. The molecule has 0 unspecified atom stereocenters. The van der Waals surface area contributed by atoms with Gasteiger partial charge in [0.15, 0.2) is 0 Å². The first-order valence-corrected chi connectivity index (χ1v) is 5.26. The van der Waals surface area contributed by atoms with Gasteiger partial charge in [-0.15, -0.1) is 0 Å². The van der Waals surface area contributed by atoms with E-state index in [9.17, 15) is 13.6 Å². The van der Waals surface area contributed by atoms with Crippen molar-refractivity contribution in [1.82, 2.24) is 0 Å². The van der Waals surface area contributed by atoms with Crippen LogP contribution in [0, 0.1) is 11.6 Å². The summed E-state index contributed by atoms with van der Waals surface area (Å²) in [6.07, 6.45) is 0. The van der Waals surface area contributed by atoms with Crippen LogP contribution < -0.4 is 11.1 Å². The number of nitrogens with one attached hydrogen (secondary N) is 1. The fourth-order valence-corrected chi connectivity index (χ4v) is 1.25. The van der Waals surface area contributed by atoms with E-state index in [4.69, 9.17) is 5.73 Å². The maximum atomic E-state index is 13.3. The van der Waals surface area contributed by atoms with Gasteiger partial charge >= 0.3 is 0 Å². The minimum Gasteiger partial charge on any atom is -0.322 e. The van der Waals surface area contributed by atoms with E-state index in [1.807, 2.05) is 0 Å². The number of amides is 1. The summed E-state index contributed by atoms with van der Waals surface area (Å²) in [7, 11) is 0. The molecule has 0 spiro atoms. The van der Waals surface area contributed by atoms with E-state index in [1.54, 1.807) is 0 Å². The Morgan fingerprint density at radius 2 is 1.94 bits per heavy atom. The average molecular weight is 293 g/mol. The van der Waals surface area contributed by atoms with E-state index in [0.29, 0.717) is 6.07 Å². The van der Waals surface area contributed by atoms with Gasteiger partial charge in [0.1, 0.15) is 11.6 Å². The fourth-order valence-electron chi connectivity index (χ4n) is 0.902. The van der Waals surface area contributed by atoms with Crippen molar-refractivity contribution in [3.8, 4) is 0 Å². The van der Waals surface area contributed by atoms with Gasteiger partial charge in [0.2, 0.25) is 5.91 Å². The number of hydrogen-bond acceptors (Lipinski definition) is 2. The van der Waals surface area contributed by atoms with Crippen LogP contribution in [0.5, 0.6) is 0 Å². The highest BCUT2D eigenvalue weighted by Crippen LogP contribution is 2.24. The van der Waals surface area contributed by atoms with Crippen molar-refractivity contribution >= 4 is 27.5 Å². The number of carbonyl (C=O) groups excluding carboxylic acids is 1. The van der Waals surface area contributed by atoms with Crippen molar-refractivity contribution in [2.75, 3.05) is 5.32 Å². The molecule has 1 aromatic rings. The lowest BCUT2D eigenvalue weighted by Crippen LogP contribution is -2.45. The van der Waals surface area contributed by atoms with Gasteiger partial charge in [-0.25, -0.2) is 8.78 Å². The van der Waals surface area contributed by atoms with Crippen molar-refractivity contribution in [3.05, 3.63) is 28.2 Å². The summed E-state index contributed by atoms with van der Waals surface area (Å²) < 4.78 is 26.2. The molecule has 16 heavy (non-hydrogen) atoms. The molecule has 0 aliphatic heterocycles. The second-order valence-corrected chi connectivity index (χ2v) is 4.78. The number of anilines is 1. The molecular weight excluding hydrogens is 282 g/mol. The van der Waals surface area contributed by atoms with Crippen LogP contribution in [0.1, 0.15) is 13.8 Å². The third-order valence-corrected chi connectivity index (χ3v) is 2.45. The van der Waals surface area contributed by atoms with E-state index in [-0.39, 0.29) is 10.2 Å². The van der Waals surface area contributed by atoms with Crippen molar-refractivity contribution < 1.29 is 13.6 Å². The van der Waals surface area contributed by atoms with Gasteiger partial charge in [-0.05, 0) is 35.8 Å². The predicted octanol–water partition coefficient (Wildman–Crippen LogP) is 2.40. The van der Waals surface area contributed by atoms with Crippen LogP contribution in [-0.2, 0) is 4.79 Å². The second kappa shape index (κ2) is 4.47. The van der Waals surface area contributed by atoms with Gasteiger partial charge in [0.05, 0.1) is 15.7 Å². The molecule has 0 saturated heterocycles. The van der Waals surface area contributed by atoms with Crippen LogP contribution in [0.2, 0.25) is 0 Å². The van der Waals surface area contributed by atoms with E-state index in [1.165, 1.54) is 13.8 Å². The number of halogens is 3. The number of nitrogens with two attached hydrogens (primary N) is 1. The Morgan fingerprint density at radius 1 is 1.38 bits per heavy atom. The molecule has 0 aliphatic carbocycles. The number of benzene rings is 1. The molecule has 1 amide bonds. The highest BCUT2D eigenvalue weighted by Gasteiger charge is 2.23. The lowest BCUT2D eigenvalue weighted by atomic mass is 10.1. The van der Waals surface area contributed by atoms with Crippen molar-refractivity contribution in [2.24, 2.45) is 5.73 Å². The molecule has 3 nitrogen and oxygen atoms in total. The second-order valence-electron chi connectivity index (χ2n) is 3.92. The third kappa shape index (κ3) is 2.99. The largest absolute Gasteiger partial charge is 0.322 e. The summed E-state index contributed by atoms with van der Waals surface area (Å²) in [5.74, 6) is -2.13. The maximum absolute atomic E-state index is 13.3. The van der Waals surface area contributed by atoms with E-state index >= 15 is 0 Å². The first kappa shape index (κ1) is 13.1. The standard InChI is InChI=1S/C10H11BrF2N2O/c1-10(2,14)9(16)15-8-3-5(11)6(12)4-7(8)13/h3-4H,14H2,1-2H3,(H,15,16). The summed E-state index contributed by atoms with van der Waals surface area (Å²) in [5.41, 5.74) is 4.28. The van der Waals surface area contributed by atoms with Gasteiger partial charge in [-0.1, -0.05) is 0 Å². The van der Waals surface area contributed by atoms with Crippen LogP contribution in [0.4, 0.5) is 14.5 Å². The Kier molecular flexibility index (Phi) is 3.64. The zero-order valence-corrected chi connectivity index (χ0v) is 10.4. The lowest BCUT2D eigenvalue weighted by molar-refractivity contribution is -0.120.